The number of piperidine rings is 1. The van der Waals surface area contributed by atoms with Gasteiger partial charge in [0.25, 0.3) is 0 Å². The monoisotopic (exact) mass is 455 g/mol. The zero-order valence-corrected chi connectivity index (χ0v) is 19.3. The lowest BCUT2D eigenvalue weighted by Gasteiger charge is -2.39. The third kappa shape index (κ3) is 6.71. The summed E-state index contributed by atoms with van der Waals surface area (Å²) in [4.78, 5) is 2.30. The van der Waals surface area contributed by atoms with Crippen LogP contribution >= 0.6 is 12.4 Å². The van der Waals surface area contributed by atoms with E-state index in [-0.39, 0.29) is 12.4 Å². The molecular formula is C25H33ClF3NO. The molecule has 172 valence electrons. The van der Waals surface area contributed by atoms with Gasteiger partial charge in [0.1, 0.15) is 0 Å². The maximum absolute atomic E-state index is 13.0. The van der Waals surface area contributed by atoms with Gasteiger partial charge in [-0.15, -0.1) is 12.4 Å². The van der Waals surface area contributed by atoms with E-state index in [0.29, 0.717) is 43.3 Å². The summed E-state index contributed by atoms with van der Waals surface area (Å²) >= 11 is 0. The van der Waals surface area contributed by atoms with Crippen molar-refractivity contribution >= 4 is 12.4 Å². The molecule has 0 saturated carbocycles. The number of aliphatic hydroxyl groups is 1. The van der Waals surface area contributed by atoms with Crippen molar-refractivity contribution in [3.63, 3.8) is 0 Å². The molecule has 0 bridgehead atoms. The van der Waals surface area contributed by atoms with Gasteiger partial charge in [-0.2, -0.15) is 13.2 Å². The molecule has 0 spiro atoms. The van der Waals surface area contributed by atoms with E-state index in [2.05, 4.69) is 49.9 Å². The summed E-state index contributed by atoms with van der Waals surface area (Å²) in [7, 11) is 0. The number of halogens is 4. The Morgan fingerprint density at radius 3 is 2.16 bits per heavy atom. The molecule has 1 aliphatic heterocycles. The lowest BCUT2D eigenvalue weighted by atomic mass is 9.83. The molecular weight excluding hydrogens is 423 g/mol. The largest absolute Gasteiger partial charge is 0.416 e. The molecule has 1 N–H and O–H groups in total. The predicted octanol–water partition coefficient (Wildman–Crippen LogP) is 6.41. The Bertz CT molecular complexity index is 827. The summed E-state index contributed by atoms with van der Waals surface area (Å²) in [5.74, 6) is 0.995. The van der Waals surface area contributed by atoms with E-state index in [1.165, 1.54) is 17.2 Å². The number of hydrogen-bond acceptors (Lipinski definition) is 2. The number of benzene rings is 2. The highest BCUT2D eigenvalue weighted by molar-refractivity contribution is 5.85. The third-order valence-corrected chi connectivity index (χ3v) is 6.14. The highest BCUT2D eigenvalue weighted by Gasteiger charge is 2.37. The van der Waals surface area contributed by atoms with Gasteiger partial charge in [0.15, 0.2) is 0 Å². The SMILES string of the molecule is CC(C)Cc1ccc([C@@H](C)CN2CCC(O)(c3cccc(C(F)(F)F)c3)CC2)cc1.Cl. The second-order valence-corrected chi connectivity index (χ2v) is 9.15. The molecule has 1 aliphatic rings. The van der Waals surface area contributed by atoms with Gasteiger partial charge in [0.2, 0.25) is 0 Å². The van der Waals surface area contributed by atoms with Gasteiger partial charge in [-0.3, -0.25) is 0 Å². The topological polar surface area (TPSA) is 23.5 Å². The average molecular weight is 456 g/mol. The van der Waals surface area contributed by atoms with Crippen LogP contribution in [0, 0.1) is 5.92 Å². The van der Waals surface area contributed by atoms with E-state index >= 15 is 0 Å². The maximum atomic E-state index is 13.0. The van der Waals surface area contributed by atoms with Crippen molar-refractivity contribution in [3.8, 4) is 0 Å². The Hall–Kier alpha value is -1.56. The van der Waals surface area contributed by atoms with E-state index < -0.39 is 17.3 Å². The molecule has 2 nitrogen and oxygen atoms in total. The molecule has 2 aromatic rings. The van der Waals surface area contributed by atoms with Crippen LogP contribution in [0.2, 0.25) is 0 Å². The lowest BCUT2D eigenvalue weighted by Crippen LogP contribution is -2.43. The maximum Gasteiger partial charge on any atom is 0.416 e. The lowest BCUT2D eigenvalue weighted by molar-refractivity contribution is -0.137. The quantitative estimate of drug-likeness (QED) is 0.543. The number of rotatable bonds is 6. The van der Waals surface area contributed by atoms with Gasteiger partial charge >= 0.3 is 6.18 Å². The van der Waals surface area contributed by atoms with Crippen LogP contribution in [0.3, 0.4) is 0 Å². The number of nitrogens with zero attached hydrogens (tertiary/aromatic N) is 1. The van der Waals surface area contributed by atoms with Crippen molar-refractivity contribution in [1.82, 2.24) is 4.90 Å². The predicted molar refractivity (Wildman–Crippen MR) is 122 cm³/mol. The summed E-state index contributed by atoms with van der Waals surface area (Å²) < 4.78 is 39.1. The molecule has 0 aromatic heterocycles. The minimum atomic E-state index is -4.40. The molecule has 6 heteroatoms. The zero-order chi connectivity index (χ0) is 21.9. The molecule has 0 unspecified atom stereocenters. The molecule has 0 amide bonds. The zero-order valence-electron chi connectivity index (χ0n) is 18.5. The van der Waals surface area contributed by atoms with Gasteiger partial charge < -0.3 is 10.0 Å². The van der Waals surface area contributed by atoms with Crippen molar-refractivity contribution in [3.05, 3.63) is 70.8 Å². The van der Waals surface area contributed by atoms with Crippen LogP contribution in [0.15, 0.2) is 48.5 Å². The fourth-order valence-corrected chi connectivity index (χ4v) is 4.33. The molecule has 0 radical (unpaired) electrons. The Morgan fingerprint density at radius 1 is 1.00 bits per heavy atom. The second kappa shape index (κ2) is 10.4. The van der Waals surface area contributed by atoms with E-state index in [4.69, 9.17) is 0 Å². The first-order chi connectivity index (χ1) is 14.1. The van der Waals surface area contributed by atoms with Crippen LogP contribution in [0.25, 0.3) is 0 Å². The molecule has 31 heavy (non-hydrogen) atoms. The molecule has 1 atom stereocenters. The molecule has 1 fully saturated rings. The fraction of sp³-hybridized carbons (Fsp3) is 0.520. The molecule has 2 aromatic carbocycles. The minimum absolute atomic E-state index is 0. The fourth-order valence-electron chi connectivity index (χ4n) is 4.33. The summed E-state index contributed by atoms with van der Waals surface area (Å²) in [6.45, 7) is 8.85. The van der Waals surface area contributed by atoms with Crippen molar-refractivity contribution in [2.24, 2.45) is 5.92 Å². The Balaban J connectivity index is 0.00000341. The van der Waals surface area contributed by atoms with Crippen molar-refractivity contribution in [2.75, 3.05) is 19.6 Å². The first-order valence-corrected chi connectivity index (χ1v) is 10.8. The molecule has 1 saturated heterocycles. The van der Waals surface area contributed by atoms with Gasteiger partial charge in [0, 0.05) is 19.6 Å². The van der Waals surface area contributed by atoms with E-state index in [0.717, 1.165) is 25.1 Å². The standard InChI is InChI=1S/C25H32F3NO.ClH/c1-18(2)15-20-7-9-21(10-8-20)19(3)17-29-13-11-24(30,12-14-29)22-5-4-6-23(16-22)25(26,27)28;/h4-10,16,18-19,30H,11-15,17H2,1-3H3;1H/t19-;/m0./s1. The van der Waals surface area contributed by atoms with E-state index in [1.807, 2.05) is 0 Å². The normalized spacial score (nSPS) is 17.9. The molecule has 0 aliphatic carbocycles. The van der Waals surface area contributed by atoms with Crippen LogP contribution in [0.4, 0.5) is 13.2 Å². The van der Waals surface area contributed by atoms with Crippen LogP contribution in [-0.2, 0) is 18.2 Å². The van der Waals surface area contributed by atoms with Gasteiger partial charge in [0.05, 0.1) is 11.2 Å². The van der Waals surface area contributed by atoms with E-state index in [9.17, 15) is 18.3 Å². The van der Waals surface area contributed by atoms with E-state index in [1.54, 1.807) is 6.07 Å². The van der Waals surface area contributed by atoms with Crippen LogP contribution in [-0.4, -0.2) is 29.6 Å². The minimum Gasteiger partial charge on any atom is -0.385 e. The first-order valence-electron chi connectivity index (χ1n) is 10.8. The molecule has 1 heterocycles. The number of likely N-dealkylation sites (tertiary alicyclic amines) is 1. The highest BCUT2D eigenvalue weighted by atomic mass is 35.5. The Kier molecular flexibility index (Phi) is 8.60. The summed E-state index contributed by atoms with van der Waals surface area (Å²) in [5, 5.41) is 11.0. The number of alkyl halides is 3. The third-order valence-electron chi connectivity index (χ3n) is 6.14. The summed E-state index contributed by atoms with van der Waals surface area (Å²) in [6.07, 6.45) is -2.44. The molecule has 3 rings (SSSR count). The van der Waals surface area contributed by atoms with Crippen LogP contribution < -0.4 is 0 Å². The average Bonchev–Trinajstić information content (AvgIpc) is 2.69. The number of hydrogen-bond donors (Lipinski definition) is 1. The highest BCUT2D eigenvalue weighted by Crippen LogP contribution is 2.37. The Labute approximate surface area is 189 Å². The van der Waals surface area contributed by atoms with Crippen molar-refractivity contribution < 1.29 is 18.3 Å². The van der Waals surface area contributed by atoms with Gasteiger partial charge in [-0.05, 0) is 59.9 Å². The van der Waals surface area contributed by atoms with Gasteiger partial charge in [-0.1, -0.05) is 57.2 Å². The summed E-state index contributed by atoms with van der Waals surface area (Å²) in [5.41, 5.74) is 1.11. The van der Waals surface area contributed by atoms with Crippen LogP contribution in [0.1, 0.15) is 61.8 Å². The Morgan fingerprint density at radius 2 is 1.61 bits per heavy atom. The second-order valence-electron chi connectivity index (χ2n) is 9.15. The van der Waals surface area contributed by atoms with Crippen molar-refractivity contribution in [2.45, 2.75) is 57.7 Å². The van der Waals surface area contributed by atoms with Crippen LogP contribution in [0.5, 0.6) is 0 Å². The first kappa shape index (κ1) is 25.7. The summed E-state index contributed by atoms with van der Waals surface area (Å²) in [6, 6.07) is 13.9. The van der Waals surface area contributed by atoms with Gasteiger partial charge in [-0.25, -0.2) is 0 Å². The smallest absolute Gasteiger partial charge is 0.385 e. The van der Waals surface area contributed by atoms with Crippen molar-refractivity contribution in [1.29, 1.82) is 0 Å².